The minimum Gasteiger partial charge on any atom is -0.372 e. The van der Waals surface area contributed by atoms with Gasteiger partial charge in [0.15, 0.2) is 0 Å². The number of para-hydroxylation sites is 1. The van der Waals surface area contributed by atoms with Crippen molar-refractivity contribution < 1.29 is 17.6 Å². The van der Waals surface area contributed by atoms with Crippen LogP contribution in [-0.4, -0.2) is 40.5 Å². The smallest absolute Gasteiger partial charge is 0.251 e. The molecule has 0 aromatic heterocycles. The van der Waals surface area contributed by atoms with E-state index in [4.69, 9.17) is 0 Å². The van der Waals surface area contributed by atoms with E-state index >= 15 is 0 Å². The lowest BCUT2D eigenvalue weighted by Crippen LogP contribution is -2.31. The monoisotopic (exact) mass is 407 g/mol. The van der Waals surface area contributed by atoms with Crippen LogP contribution in [0.1, 0.15) is 30.6 Å². The predicted molar refractivity (Wildman–Crippen MR) is 109 cm³/mol. The van der Waals surface area contributed by atoms with Crippen molar-refractivity contribution in [2.45, 2.75) is 31.2 Å². The first-order valence-electron chi connectivity index (χ1n) is 9.07. The summed E-state index contributed by atoms with van der Waals surface area (Å²) in [6.07, 6.45) is 0.615. The van der Waals surface area contributed by atoms with Gasteiger partial charge in [0, 0.05) is 31.7 Å². The van der Waals surface area contributed by atoms with Crippen molar-refractivity contribution in [3.8, 4) is 0 Å². The fourth-order valence-electron chi connectivity index (χ4n) is 2.68. The highest BCUT2D eigenvalue weighted by Crippen LogP contribution is 2.17. The van der Waals surface area contributed by atoms with Crippen LogP contribution in [0.2, 0.25) is 0 Å². The molecule has 0 spiro atoms. The highest BCUT2D eigenvalue weighted by Gasteiger charge is 2.17. The number of carbonyl (C=O) groups is 1. The third kappa shape index (κ3) is 6.03. The fraction of sp³-hybridized carbons (Fsp3) is 0.350. The van der Waals surface area contributed by atoms with Gasteiger partial charge in [-0.05, 0) is 50.6 Å². The van der Waals surface area contributed by atoms with Gasteiger partial charge in [0.2, 0.25) is 10.0 Å². The summed E-state index contributed by atoms with van der Waals surface area (Å²) < 4.78 is 40.7. The van der Waals surface area contributed by atoms with Crippen molar-refractivity contribution in [3.05, 3.63) is 59.9 Å². The average Bonchev–Trinajstić information content (AvgIpc) is 2.64. The van der Waals surface area contributed by atoms with Crippen LogP contribution in [0.25, 0.3) is 0 Å². The summed E-state index contributed by atoms with van der Waals surface area (Å²) >= 11 is 0. The summed E-state index contributed by atoms with van der Waals surface area (Å²) in [4.78, 5) is 14.1. The molecule has 0 bridgehead atoms. The van der Waals surface area contributed by atoms with Crippen LogP contribution in [0, 0.1) is 5.82 Å². The average molecular weight is 408 g/mol. The van der Waals surface area contributed by atoms with E-state index in [2.05, 4.69) is 10.0 Å². The van der Waals surface area contributed by atoms with E-state index in [1.165, 1.54) is 24.3 Å². The van der Waals surface area contributed by atoms with Gasteiger partial charge in [0.05, 0.1) is 10.6 Å². The van der Waals surface area contributed by atoms with Gasteiger partial charge in [-0.2, -0.15) is 0 Å². The van der Waals surface area contributed by atoms with Crippen molar-refractivity contribution in [2.24, 2.45) is 0 Å². The molecule has 0 fully saturated rings. The highest BCUT2D eigenvalue weighted by molar-refractivity contribution is 7.89. The summed E-state index contributed by atoms with van der Waals surface area (Å²) in [5.41, 5.74) is 0.776. The van der Waals surface area contributed by atoms with Crippen LogP contribution in [0.3, 0.4) is 0 Å². The van der Waals surface area contributed by atoms with Crippen molar-refractivity contribution >= 4 is 21.6 Å². The molecule has 28 heavy (non-hydrogen) atoms. The van der Waals surface area contributed by atoms with Gasteiger partial charge in [0.1, 0.15) is 5.82 Å². The molecule has 6 nitrogen and oxygen atoms in total. The number of hydrogen-bond donors (Lipinski definition) is 2. The lowest BCUT2D eigenvalue weighted by atomic mass is 10.2. The van der Waals surface area contributed by atoms with Crippen LogP contribution in [-0.2, 0) is 10.0 Å². The number of hydrogen-bond acceptors (Lipinski definition) is 4. The van der Waals surface area contributed by atoms with Gasteiger partial charge in [-0.3, -0.25) is 4.79 Å². The molecule has 0 heterocycles. The largest absolute Gasteiger partial charge is 0.372 e. The topological polar surface area (TPSA) is 78.5 Å². The van der Waals surface area contributed by atoms with Crippen molar-refractivity contribution in [3.63, 3.8) is 0 Å². The number of amides is 1. The first-order valence-corrected chi connectivity index (χ1v) is 10.6. The predicted octanol–water partition coefficient (Wildman–Crippen LogP) is 2.77. The van der Waals surface area contributed by atoms with E-state index in [1.807, 2.05) is 0 Å². The van der Waals surface area contributed by atoms with Gasteiger partial charge in [-0.15, -0.1) is 0 Å². The molecule has 0 aliphatic carbocycles. The Hall–Kier alpha value is -2.45. The zero-order valence-corrected chi connectivity index (χ0v) is 17.1. The molecule has 0 saturated carbocycles. The summed E-state index contributed by atoms with van der Waals surface area (Å²) in [5, 5.41) is 2.77. The van der Waals surface area contributed by atoms with Gasteiger partial charge in [-0.1, -0.05) is 18.2 Å². The Morgan fingerprint density at radius 3 is 2.54 bits per heavy atom. The molecule has 2 rings (SSSR count). The molecule has 152 valence electrons. The number of anilines is 1. The van der Waals surface area contributed by atoms with Crippen molar-refractivity contribution in [1.82, 2.24) is 10.0 Å². The SMILES string of the molecule is CC(C)NS(=O)(=O)c1cccc(C(=O)NCCCN(C)c2ccccc2F)c1. The Bertz CT molecular complexity index is 916. The molecule has 0 radical (unpaired) electrons. The lowest BCUT2D eigenvalue weighted by Gasteiger charge is -2.19. The molecular weight excluding hydrogens is 381 g/mol. The van der Waals surface area contributed by atoms with E-state index < -0.39 is 10.0 Å². The molecule has 2 aromatic rings. The molecule has 8 heteroatoms. The van der Waals surface area contributed by atoms with Gasteiger partial charge in [0.25, 0.3) is 5.91 Å². The second kappa shape index (κ2) is 9.66. The number of halogens is 1. The number of carbonyl (C=O) groups excluding carboxylic acids is 1. The van der Waals surface area contributed by atoms with E-state index in [0.717, 1.165) is 0 Å². The summed E-state index contributed by atoms with van der Waals surface area (Å²) in [6, 6.07) is 12.2. The van der Waals surface area contributed by atoms with Crippen LogP contribution < -0.4 is 14.9 Å². The normalized spacial score (nSPS) is 11.5. The molecule has 0 aliphatic rings. The minimum absolute atomic E-state index is 0.0492. The minimum atomic E-state index is -3.66. The maximum Gasteiger partial charge on any atom is 0.251 e. The number of nitrogens with zero attached hydrogens (tertiary/aromatic N) is 1. The van der Waals surface area contributed by atoms with Crippen LogP contribution in [0.5, 0.6) is 0 Å². The van der Waals surface area contributed by atoms with Crippen LogP contribution in [0.4, 0.5) is 10.1 Å². The van der Waals surface area contributed by atoms with Crippen LogP contribution in [0.15, 0.2) is 53.4 Å². The fourth-order valence-corrected chi connectivity index (χ4v) is 3.98. The maximum atomic E-state index is 13.7. The Morgan fingerprint density at radius 2 is 1.86 bits per heavy atom. The van der Waals surface area contributed by atoms with Gasteiger partial charge in [-0.25, -0.2) is 17.5 Å². The van der Waals surface area contributed by atoms with E-state index in [-0.39, 0.29) is 28.2 Å². The molecule has 0 saturated heterocycles. The quantitative estimate of drug-likeness (QED) is 0.627. The third-order valence-electron chi connectivity index (χ3n) is 4.02. The first-order chi connectivity index (χ1) is 13.2. The zero-order chi connectivity index (χ0) is 20.7. The highest BCUT2D eigenvalue weighted by atomic mass is 32.2. The lowest BCUT2D eigenvalue weighted by molar-refractivity contribution is 0.0953. The summed E-state index contributed by atoms with van der Waals surface area (Å²) in [7, 11) is -1.87. The van der Waals surface area contributed by atoms with Crippen molar-refractivity contribution in [2.75, 3.05) is 25.0 Å². The summed E-state index contributed by atoms with van der Waals surface area (Å²) in [6.45, 7) is 4.41. The first kappa shape index (κ1) is 21.8. The molecule has 1 amide bonds. The number of nitrogens with one attached hydrogen (secondary N) is 2. The standard InChI is InChI=1S/C20H26FN3O3S/c1-15(2)23-28(26,27)17-9-6-8-16(14-17)20(25)22-12-7-13-24(3)19-11-5-4-10-18(19)21/h4-6,8-11,14-15,23H,7,12-13H2,1-3H3,(H,22,25). The second-order valence-electron chi connectivity index (χ2n) is 6.79. The Kier molecular flexibility index (Phi) is 7.53. The maximum absolute atomic E-state index is 13.7. The Balaban J connectivity index is 1.90. The molecule has 0 unspecified atom stereocenters. The van der Waals surface area contributed by atoms with E-state index in [1.54, 1.807) is 50.1 Å². The van der Waals surface area contributed by atoms with Crippen LogP contribution >= 0.6 is 0 Å². The van der Waals surface area contributed by atoms with E-state index in [9.17, 15) is 17.6 Å². The number of sulfonamides is 1. The third-order valence-corrected chi connectivity index (χ3v) is 5.67. The zero-order valence-electron chi connectivity index (χ0n) is 16.3. The van der Waals surface area contributed by atoms with Crippen molar-refractivity contribution in [1.29, 1.82) is 0 Å². The van der Waals surface area contributed by atoms with E-state index in [0.29, 0.717) is 25.2 Å². The van der Waals surface area contributed by atoms with Gasteiger partial charge >= 0.3 is 0 Å². The molecular formula is C20H26FN3O3S. The van der Waals surface area contributed by atoms with Gasteiger partial charge < -0.3 is 10.2 Å². The number of benzene rings is 2. The Labute approximate surface area is 165 Å². The Morgan fingerprint density at radius 1 is 1.14 bits per heavy atom. The molecule has 0 aliphatic heterocycles. The second-order valence-corrected chi connectivity index (χ2v) is 8.50. The molecule has 2 aromatic carbocycles. The summed E-state index contributed by atoms with van der Waals surface area (Å²) in [5.74, 6) is -0.641. The molecule has 2 N–H and O–H groups in total. The molecule has 0 atom stereocenters. The number of rotatable bonds is 9.